The van der Waals surface area contributed by atoms with Crippen molar-refractivity contribution in [3.05, 3.63) is 27.2 Å². The van der Waals surface area contributed by atoms with Gasteiger partial charge >= 0.3 is 0 Å². The van der Waals surface area contributed by atoms with Gasteiger partial charge in [-0.1, -0.05) is 27.5 Å². The van der Waals surface area contributed by atoms with Crippen LogP contribution in [0.3, 0.4) is 0 Å². The second kappa shape index (κ2) is 5.87. The first kappa shape index (κ1) is 13.8. The first-order valence-electron chi connectivity index (χ1n) is 5.00. The predicted octanol–water partition coefficient (Wildman–Crippen LogP) is 2.84. The number of aliphatic hydroxyl groups excluding tert-OH is 1. The molecule has 0 aliphatic heterocycles. The summed E-state index contributed by atoms with van der Waals surface area (Å²) in [6, 6.07) is 3.33. The lowest BCUT2D eigenvalue weighted by molar-refractivity contribution is 0.242. The van der Waals surface area contributed by atoms with E-state index < -0.39 is 0 Å². The molecule has 1 aromatic rings. The van der Waals surface area contributed by atoms with Crippen LogP contribution >= 0.6 is 27.5 Å². The van der Waals surface area contributed by atoms with E-state index >= 15 is 0 Å². The van der Waals surface area contributed by atoms with Gasteiger partial charge in [0.1, 0.15) is 5.75 Å². The number of hydrogen-bond acceptors (Lipinski definition) is 3. The molecule has 0 heterocycles. The van der Waals surface area contributed by atoms with Crippen molar-refractivity contribution in [3.8, 4) is 5.75 Å². The lowest BCUT2D eigenvalue weighted by atomic mass is 10.1. The molecule has 1 rings (SSSR count). The van der Waals surface area contributed by atoms with Gasteiger partial charge < -0.3 is 15.5 Å². The number of nitrogens with one attached hydrogen (secondary N) is 1. The summed E-state index contributed by atoms with van der Waals surface area (Å²) in [5, 5.41) is 22.2. The van der Waals surface area contributed by atoms with Crippen molar-refractivity contribution >= 4 is 27.5 Å². The maximum absolute atomic E-state index is 9.82. The Bertz CT molecular complexity index is 373. The van der Waals surface area contributed by atoms with Crippen LogP contribution in [-0.2, 0) is 0 Å². The van der Waals surface area contributed by atoms with Crippen molar-refractivity contribution in [2.75, 3.05) is 6.61 Å². The van der Waals surface area contributed by atoms with Gasteiger partial charge in [-0.2, -0.15) is 0 Å². The first-order chi connectivity index (χ1) is 7.45. The summed E-state index contributed by atoms with van der Waals surface area (Å²) in [5.74, 6) is 0.0787. The molecule has 0 fully saturated rings. The van der Waals surface area contributed by atoms with Crippen LogP contribution in [0.2, 0.25) is 5.02 Å². The lowest BCUT2D eigenvalue weighted by Crippen LogP contribution is -2.31. The molecule has 5 heteroatoms. The quantitative estimate of drug-likeness (QED) is 0.802. The van der Waals surface area contributed by atoms with Crippen molar-refractivity contribution in [2.45, 2.75) is 25.9 Å². The van der Waals surface area contributed by atoms with Crippen molar-refractivity contribution in [1.82, 2.24) is 5.32 Å². The fourth-order valence-corrected chi connectivity index (χ4v) is 2.32. The molecule has 0 saturated carbocycles. The molecule has 0 aromatic heterocycles. The van der Waals surface area contributed by atoms with Crippen LogP contribution in [-0.4, -0.2) is 22.9 Å². The van der Waals surface area contributed by atoms with E-state index in [-0.39, 0.29) is 24.4 Å². The van der Waals surface area contributed by atoms with Gasteiger partial charge in [-0.25, -0.2) is 0 Å². The average Bonchev–Trinajstić information content (AvgIpc) is 2.22. The van der Waals surface area contributed by atoms with Gasteiger partial charge in [0.05, 0.1) is 11.6 Å². The molecule has 3 nitrogen and oxygen atoms in total. The van der Waals surface area contributed by atoms with E-state index in [1.807, 2.05) is 19.9 Å². The van der Waals surface area contributed by atoms with Crippen LogP contribution < -0.4 is 5.32 Å². The van der Waals surface area contributed by atoms with Crippen molar-refractivity contribution in [1.29, 1.82) is 0 Å². The monoisotopic (exact) mass is 307 g/mol. The zero-order chi connectivity index (χ0) is 12.3. The number of phenolic OH excluding ortho intramolecular Hbond substituents is 1. The number of benzene rings is 1. The molecule has 0 amide bonds. The zero-order valence-electron chi connectivity index (χ0n) is 9.17. The topological polar surface area (TPSA) is 52.5 Å². The Balaban J connectivity index is 2.94. The molecule has 0 radical (unpaired) electrons. The van der Waals surface area contributed by atoms with Crippen LogP contribution in [0, 0.1) is 0 Å². The van der Waals surface area contributed by atoms with E-state index in [0.29, 0.717) is 10.6 Å². The second-order valence-corrected chi connectivity index (χ2v) is 5.12. The maximum Gasteiger partial charge on any atom is 0.139 e. The fourth-order valence-electron chi connectivity index (χ4n) is 1.49. The fraction of sp³-hybridized carbons (Fsp3) is 0.455. The van der Waals surface area contributed by atoms with Gasteiger partial charge in [-0.05, 0) is 26.0 Å². The lowest BCUT2D eigenvalue weighted by Gasteiger charge is -2.20. The third-order valence-corrected chi connectivity index (χ3v) is 3.08. The molecule has 1 aromatic carbocycles. The molecule has 0 aliphatic carbocycles. The van der Waals surface area contributed by atoms with Gasteiger partial charge in [0.15, 0.2) is 0 Å². The Morgan fingerprint density at radius 1 is 1.44 bits per heavy atom. The summed E-state index contributed by atoms with van der Waals surface area (Å²) in [4.78, 5) is 0. The summed E-state index contributed by atoms with van der Waals surface area (Å²) in [5.41, 5.74) is 0.708. The normalized spacial score (nSPS) is 14.8. The molecule has 90 valence electrons. The summed E-state index contributed by atoms with van der Waals surface area (Å²) in [6.45, 7) is 3.82. The Hall–Kier alpha value is -0.290. The van der Waals surface area contributed by atoms with Gasteiger partial charge in [-0.15, -0.1) is 0 Å². The highest BCUT2D eigenvalue weighted by atomic mass is 79.9. The van der Waals surface area contributed by atoms with E-state index in [2.05, 4.69) is 21.2 Å². The average molecular weight is 309 g/mol. The maximum atomic E-state index is 9.82. The van der Waals surface area contributed by atoms with Crippen LogP contribution in [0.5, 0.6) is 5.75 Å². The second-order valence-electron chi connectivity index (χ2n) is 3.80. The number of aromatic hydroxyl groups is 1. The minimum Gasteiger partial charge on any atom is -0.506 e. The van der Waals surface area contributed by atoms with Crippen LogP contribution in [0.1, 0.15) is 25.5 Å². The first-order valence-corrected chi connectivity index (χ1v) is 6.17. The Kier molecular flexibility index (Phi) is 5.05. The highest BCUT2D eigenvalue weighted by molar-refractivity contribution is 9.10. The van der Waals surface area contributed by atoms with Crippen LogP contribution in [0.25, 0.3) is 0 Å². The van der Waals surface area contributed by atoms with E-state index in [1.54, 1.807) is 6.07 Å². The smallest absolute Gasteiger partial charge is 0.139 e. The number of rotatable bonds is 4. The summed E-state index contributed by atoms with van der Waals surface area (Å²) in [7, 11) is 0. The summed E-state index contributed by atoms with van der Waals surface area (Å²) >= 11 is 9.20. The number of halogens is 2. The largest absolute Gasteiger partial charge is 0.506 e. The minimum atomic E-state index is -0.0860. The van der Waals surface area contributed by atoms with Crippen molar-refractivity contribution < 1.29 is 10.2 Å². The number of phenols is 1. The molecule has 0 saturated heterocycles. The van der Waals surface area contributed by atoms with Gasteiger partial charge in [0.2, 0.25) is 0 Å². The molecule has 2 atom stereocenters. The van der Waals surface area contributed by atoms with Crippen molar-refractivity contribution in [2.24, 2.45) is 0 Å². The van der Waals surface area contributed by atoms with E-state index in [0.717, 1.165) is 4.47 Å². The predicted molar refractivity (Wildman–Crippen MR) is 68.9 cm³/mol. The van der Waals surface area contributed by atoms with E-state index in [4.69, 9.17) is 16.7 Å². The number of aliphatic hydroxyl groups is 1. The molecule has 2 unspecified atom stereocenters. The van der Waals surface area contributed by atoms with Crippen molar-refractivity contribution in [3.63, 3.8) is 0 Å². The van der Waals surface area contributed by atoms with E-state index in [1.165, 1.54) is 0 Å². The zero-order valence-corrected chi connectivity index (χ0v) is 11.5. The number of hydrogen-bond donors (Lipinski definition) is 3. The minimum absolute atomic E-state index is 0.0350. The van der Waals surface area contributed by atoms with Gasteiger partial charge in [0.25, 0.3) is 0 Å². The molecular weight excluding hydrogens is 293 g/mol. The Morgan fingerprint density at radius 3 is 2.62 bits per heavy atom. The summed E-state index contributed by atoms with van der Waals surface area (Å²) < 4.78 is 0.815. The van der Waals surface area contributed by atoms with Crippen LogP contribution in [0.4, 0.5) is 0 Å². The third kappa shape index (κ3) is 3.35. The molecule has 0 aliphatic rings. The molecule has 0 spiro atoms. The molecular formula is C11H15BrClNO2. The highest BCUT2D eigenvalue weighted by Crippen LogP contribution is 2.34. The third-order valence-electron chi connectivity index (χ3n) is 2.33. The molecule has 3 N–H and O–H groups in total. The summed E-state index contributed by atoms with van der Waals surface area (Å²) in [6.07, 6.45) is 0. The highest BCUT2D eigenvalue weighted by Gasteiger charge is 2.15. The Morgan fingerprint density at radius 2 is 2.06 bits per heavy atom. The van der Waals surface area contributed by atoms with E-state index in [9.17, 15) is 5.11 Å². The Labute approximate surface area is 109 Å². The van der Waals surface area contributed by atoms with Gasteiger partial charge in [0, 0.05) is 22.1 Å². The van der Waals surface area contributed by atoms with Crippen LogP contribution in [0.15, 0.2) is 16.6 Å². The van der Waals surface area contributed by atoms with Gasteiger partial charge in [-0.3, -0.25) is 0 Å². The standard InChI is InChI=1S/C11H15BrClNO2/c1-6(5-15)14-7(2)9-3-8(12)4-10(13)11(9)16/h3-4,6-7,14-16H,5H2,1-2H3. The molecule has 16 heavy (non-hydrogen) atoms. The molecule has 0 bridgehead atoms. The SMILES string of the molecule is CC(CO)NC(C)c1cc(Br)cc(Cl)c1O.